The molecule has 0 fully saturated rings. The van der Waals surface area contributed by atoms with Crippen LogP contribution in [0.15, 0.2) is 60.9 Å². The smallest absolute Gasteiger partial charge is 0.305 e. The lowest BCUT2D eigenvalue weighted by atomic mass is 10.0. The maximum atomic E-state index is 12.7. The van der Waals surface area contributed by atoms with Crippen LogP contribution in [-0.4, -0.2) is 44.7 Å². The molecule has 6 nitrogen and oxygen atoms in total. The van der Waals surface area contributed by atoms with Crippen molar-refractivity contribution in [2.75, 3.05) is 6.61 Å². The van der Waals surface area contributed by atoms with Crippen molar-refractivity contribution >= 4 is 20.1 Å². The van der Waals surface area contributed by atoms with E-state index in [0.29, 0.717) is 6.61 Å². The van der Waals surface area contributed by atoms with E-state index in [2.05, 4.69) is 46.2 Å². The Morgan fingerprint density at radius 1 is 1.30 bits per heavy atom. The van der Waals surface area contributed by atoms with Gasteiger partial charge in [-0.2, -0.15) is 0 Å². The third-order valence-corrected chi connectivity index (χ3v) is 10.5. The van der Waals surface area contributed by atoms with E-state index < -0.39 is 32.3 Å². The lowest BCUT2D eigenvalue weighted by molar-refractivity contribution is -0.239. The Kier molecular flexibility index (Phi) is 9.18. The summed E-state index contributed by atoms with van der Waals surface area (Å²) in [5.41, 5.74) is 3.74. The third kappa shape index (κ3) is 7.91. The Morgan fingerprint density at radius 3 is 2.55 bits per heavy atom. The lowest BCUT2D eigenvalue weighted by Gasteiger charge is -2.41. The summed E-state index contributed by atoms with van der Waals surface area (Å²) in [5.74, 6) is -2.22. The normalized spacial score (nSPS) is 21.9. The van der Waals surface area contributed by atoms with Crippen LogP contribution >= 0.6 is 0 Å². The van der Waals surface area contributed by atoms with Crippen molar-refractivity contribution in [2.45, 2.75) is 76.8 Å². The molecular weight excluding hydrogens is 436 g/mol. The fourth-order valence-corrected chi connectivity index (χ4v) is 4.03. The summed E-state index contributed by atoms with van der Waals surface area (Å²) in [5, 5.41) is -0.0385. The Bertz CT molecular complexity index is 895. The van der Waals surface area contributed by atoms with Gasteiger partial charge in [-0.1, -0.05) is 57.7 Å². The Morgan fingerprint density at radius 2 is 1.97 bits per heavy atom. The van der Waals surface area contributed by atoms with Crippen LogP contribution in [0.2, 0.25) is 18.1 Å². The third-order valence-electron chi connectivity index (χ3n) is 5.97. The summed E-state index contributed by atoms with van der Waals surface area (Å²) in [6.45, 7) is 15.9. The van der Waals surface area contributed by atoms with Crippen LogP contribution in [0.4, 0.5) is 0 Å². The first-order valence-electron chi connectivity index (χ1n) is 11.1. The van der Waals surface area contributed by atoms with Crippen molar-refractivity contribution in [3.05, 3.63) is 66.4 Å². The van der Waals surface area contributed by atoms with Crippen LogP contribution < -0.4 is 0 Å². The number of benzene rings is 1. The first-order chi connectivity index (χ1) is 15.4. The zero-order chi connectivity index (χ0) is 24.7. The lowest BCUT2D eigenvalue weighted by Crippen LogP contribution is -2.52. The van der Waals surface area contributed by atoms with Gasteiger partial charge < -0.3 is 18.6 Å². The first kappa shape index (κ1) is 27.0. The molecule has 3 unspecified atom stereocenters. The minimum Gasteiger partial charge on any atom is -0.427 e. The van der Waals surface area contributed by atoms with Crippen molar-refractivity contribution in [1.82, 2.24) is 0 Å². The molecule has 1 heterocycles. The van der Waals surface area contributed by atoms with Crippen molar-refractivity contribution in [3.8, 4) is 0 Å². The van der Waals surface area contributed by atoms with Crippen molar-refractivity contribution < 1.29 is 28.2 Å². The maximum absolute atomic E-state index is 12.7. The van der Waals surface area contributed by atoms with Crippen molar-refractivity contribution in [3.63, 3.8) is 0 Å². The molecule has 0 N–H and O–H groups in total. The van der Waals surface area contributed by atoms with Gasteiger partial charge in [0.2, 0.25) is 0 Å². The Balaban J connectivity index is 2.17. The van der Waals surface area contributed by atoms with Crippen molar-refractivity contribution in [1.29, 1.82) is 0 Å². The van der Waals surface area contributed by atoms with Gasteiger partial charge in [0.1, 0.15) is 12.7 Å². The minimum absolute atomic E-state index is 0.0101. The van der Waals surface area contributed by atoms with E-state index in [1.54, 1.807) is 6.08 Å². The number of ether oxygens (including phenoxy) is 3. The average molecular weight is 473 g/mol. The molecule has 1 aromatic carbocycles. The second kappa shape index (κ2) is 11.2. The predicted octanol–water partition coefficient (Wildman–Crippen LogP) is 5.11. The molecule has 0 aromatic heterocycles. The van der Waals surface area contributed by atoms with E-state index >= 15 is 0 Å². The molecule has 1 aromatic rings. The molecule has 0 saturated heterocycles. The van der Waals surface area contributed by atoms with Crippen molar-refractivity contribution in [2.24, 2.45) is 0 Å². The van der Waals surface area contributed by atoms with Gasteiger partial charge in [-0.05, 0) is 41.9 Å². The number of rotatable bonds is 10. The highest BCUT2D eigenvalue weighted by molar-refractivity contribution is 6.74. The van der Waals surface area contributed by atoms with Gasteiger partial charge in [0.05, 0.1) is 12.7 Å². The summed E-state index contributed by atoms with van der Waals surface area (Å²) in [7, 11) is -2.16. The standard InChI is InChI=1S/C26H36O6Si/c1-8-12-22(29-18-21-13-10-9-11-14-21)17-24-23(28)15-16-26(32-24,31-20(2)27)19-30-33(6,7)25(3,4)5/h9-16,22,24H,1,17-19H2,2-7H3. The number of hydrogen-bond acceptors (Lipinski definition) is 6. The predicted molar refractivity (Wildman–Crippen MR) is 130 cm³/mol. The SMILES string of the molecule is C=C=CC(CC1OC(CO[Si](C)(C)C(C)(C)C)(OC(C)=O)C=CC1=O)OCc1ccccc1. The maximum Gasteiger partial charge on any atom is 0.305 e. The van der Waals surface area contributed by atoms with Gasteiger partial charge in [0.25, 0.3) is 5.79 Å². The monoisotopic (exact) mass is 472 g/mol. The number of esters is 1. The zero-order valence-electron chi connectivity index (χ0n) is 20.6. The molecule has 0 amide bonds. The number of hydrogen-bond donors (Lipinski definition) is 0. The van der Waals surface area contributed by atoms with Crippen LogP contribution in [0.5, 0.6) is 0 Å². The molecule has 0 aliphatic carbocycles. The van der Waals surface area contributed by atoms with E-state index in [1.807, 2.05) is 30.3 Å². The topological polar surface area (TPSA) is 71.1 Å². The molecule has 0 saturated carbocycles. The highest BCUT2D eigenvalue weighted by Gasteiger charge is 2.45. The highest BCUT2D eigenvalue weighted by atomic mass is 28.4. The number of ketones is 1. The number of carbonyl (C=O) groups excluding carboxylic acids is 2. The average Bonchev–Trinajstić information content (AvgIpc) is 2.73. The molecule has 0 bridgehead atoms. The van der Waals surface area contributed by atoms with E-state index in [4.69, 9.17) is 18.6 Å². The van der Waals surface area contributed by atoms with E-state index in [0.717, 1.165) is 5.56 Å². The van der Waals surface area contributed by atoms with Gasteiger partial charge in [0.15, 0.2) is 14.1 Å². The van der Waals surface area contributed by atoms with E-state index in [-0.39, 0.29) is 23.8 Å². The Hall–Kier alpha value is -2.28. The molecule has 1 aliphatic heterocycles. The van der Waals surface area contributed by atoms with Crippen LogP contribution in [0.3, 0.4) is 0 Å². The number of carbonyl (C=O) groups is 2. The summed E-state index contributed by atoms with van der Waals surface area (Å²) in [6.07, 6.45) is 3.43. The fraction of sp³-hybridized carbons (Fsp3) is 0.500. The summed E-state index contributed by atoms with van der Waals surface area (Å²) in [4.78, 5) is 24.5. The first-order valence-corrected chi connectivity index (χ1v) is 14.0. The largest absolute Gasteiger partial charge is 0.427 e. The fourth-order valence-electron chi connectivity index (χ4n) is 3.03. The molecule has 7 heteroatoms. The van der Waals surface area contributed by atoms with Crippen LogP contribution in [0.1, 0.15) is 39.7 Å². The van der Waals surface area contributed by atoms with Gasteiger partial charge in [-0.3, -0.25) is 9.59 Å². The minimum atomic E-state index is -2.16. The second-order valence-corrected chi connectivity index (χ2v) is 14.5. The molecular formula is C26H36O6Si. The van der Waals surface area contributed by atoms with Crippen LogP contribution in [-0.2, 0) is 34.8 Å². The highest BCUT2D eigenvalue weighted by Crippen LogP contribution is 2.38. The quantitative estimate of drug-likeness (QED) is 0.268. The van der Waals surface area contributed by atoms with Crippen LogP contribution in [0, 0.1) is 0 Å². The summed E-state index contributed by atoms with van der Waals surface area (Å²) < 4.78 is 23.9. The van der Waals surface area contributed by atoms with Gasteiger partial charge in [-0.25, -0.2) is 0 Å². The molecule has 0 spiro atoms. The zero-order valence-corrected chi connectivity index (χ0v) is 21.6. The van der Waals surface area contributed by atoms with E-state index in [9.17, 15) is 9.59 Å². The molecule has 2 rings (SSSR count). The van der Waals surface area contributed by atoms with Gasteiger partial charge >= 0.3 is 5.97 Å². The van der Waals surface area contributed by atoms with Gasteiger partial charge in [0, 0.05) is 13.3 Å². The Labute approximate surface area is 198 Å². The molecule has 33 heavy (non-hydrogen) atoms. The molecule has 0 radical (unpaired) electrons. The summed E-state index contributed by atoms with van der Waals surface area (Å²) >= 11 is 0. The second-order valence-electron chi connectivity index (χ2n) is 9.74. The molecule has 180 valence electrons. The molecule has 3 atom stereocenters. The van der Waals surface area contributed by atoms with Crippen LogP contribution in [0.25, 0.3) is 0 Å². The van der Waals surface area contributed by atoms with E-state index in [1.165, 1.54) is 19.1 Å². The van der Waals surface area contributed by atoms with Gasteiger partial charge in [-0.15, -0.1) is 5.73 Å². The molecule has 1 aliphatic rings. The summed E-state index contributed by atoms with van der Waals surface area (Å²) in [6, 6.07) is 9.73.